The van der Waals surface area contributed by atoms with Gasteiger partial charge in [-0.2, -0.15) is 5.10 Å². The Labute approximate surface area is 212 Å². The number of allylic oxidation sites excluding steroid dienone is 2. The van der Waals surface area contributed by atoms with Crippen molar-refractivity contribution in [3.63, 3.8) is 0 Å². The van der Waals surface area contributed by atoms with Gasteiger partial charge in [0, 0.05) is 37.8 Å². The molecule has 1 saturated heterocycles. The molecule has 1 fully saturated rings. The minimum atomic E-state index is -0.282. The number of nitrogens with one attached hydrogen (secondary N) is 3. The first-order valence-corrected chi connectivity index (χ1v) is 12.5. The highest BCUT2D eigenvalue weighted by atomic mass is 16.1. The van der Waals surface area contributed by atoms with Crippen LogP contribution >= 0.6 is 0 Å². The number of likely N-dealkylation sites (N-methyl/N-ethyl adjacent to an activating group) is 1. The van der Waals surface area contributed by atoms with Crippen LogP contribution in [0.4, 0.5) is 11.5 Å². The Hall–Kier alpha value is -3.85. The first-order valence-electron chi connectivity index (χ1n) is 12.5. The zero-order valence-corrected chi connectivity index (χ0v) is 21.3. The number of benzene rings is 1. The monoisotopic (exact) mass is 488 g/mol. The highest BCUT2D eigenvalue weighted by Gasteiger charge is 2.17. The Morgan fingerprint density at radius 1 is 1.22 bits per heavy atom. The van der Waals surface area contributed by atoms with E-state index >= 15 is 0 Å². The molecule has 0 aliphatic carbocycles. The molecular weight excluding hydrogens is 452 g/mol. The molecule has 0 unspecified atom stereocenters. The van der Waals surface area contributed by atoms with Crippen molar-refractivity contribution in [3.05, 3.63) is 65.8 Å². The van der Waals surface area contributed by atoms with E-state index in [4.69, 9.17) is 5.73 Å². The molecule has 0 saturated carbocycles. The molecule has 0 bridgehead atoms. The molecule has 9 nitrogen and oxygen atoms in total. The first kappa shape index (κ1) is 25.2. The number of nitrogens with zero attached hydrogens (tertiary/aromatic N) is 4. The van der Waals surface area contributed by atoms with Crippen molar-refractivity contribution in [1.29, 1.82) is 0 Å². The van der Waals surface area contributed by atoms with E-state index in [2.05, 4.69) is 54.7 Å². The maximum absolute atomic E-state index is 13.1. The van der Waals surface area contributed by atoms with E-state index in [9.17, 15) is 4.79 Å². The maximum Gasteiger partial charge on any atom is 0.276 e. The summed E-state index contributed by atoms with van der Waals surface area (Å²) in [5.74, 6) is 0.485. The molecule has 4 rings (SSSR count). The Bertz CT molecular complexity index is 1240. The normalized spacial score (nSPS) is 14.6. The fourth-order valence-electron chi connectivity index (χ4n) is 4.35. The van der Waals surface area contributed by atoms with Gasteiger partial charge in [-0.05, 0) is 74.8 Å². The molecule has 9 heteroatoms. The van der Waals surface area contributed by atoms with Crippen molar-refractivity contribution >= 4 is 33.9 Å². The molecule has 1 aliphatic rings. The summed E-state index contributed by atoms with van der Waals surface area (Å²) in [6, 6.07) is 9.74. The summed E-state index contributed by atoms with van der Waals surface area (Å²) >= 11 is 0. The number of likely N-dealkylation sites (tertiary alicyclic amines) is 1. The molecular formula is C27H36N8O. The van der Waals surface area contributed by atoms with Crippen molar-refractivity contribution < 1.29 is 4.79 Å². The molecule has 0 radical (unpaired) electrons. The number of aromatic amines is 1. The number of carbonyl (C=O) groups excluding carboxylic acids is 1. The zero-order valence-electron chi connectivity index (χ0n) is 21.3. The number of amides is 1. The van der Waals surface area contributed by atoms with Crippen LogP contribution in [0.3, 0.4) is 0 Å². The van der Waals surface area contributed by atoms with E-state index in [1.54, 1.807) is 12.4 Å². The van der Waals surface area contributed by atoms with Gasteiger partial charge in [0.15, 0.2) is 5.69 Å². The van der Waals surface area contributed by atoms with Crippen molar-refractivity contribution in [2.24, 2.45) is 5.73 Å². The summed E-state index contributed by atoms with van der Waals surface area (Å²) in [5, 5.41) is 14.2. The number of nitrogens with two attached hydrogens (primary N) is 1. The summed E-state index contributed by atoms with van der Waals surface area (Å²) in [5.41, 5.74) is 11.0. The van der Waals surface area contributed by atoms with Gasteiger partial charge in [-0.3, -0.25) is 9.89 Å². The molecule has 36 heavy (non-hydrogen) atoms. The molecule has 190 valence electrons. The third-order valence-corrected chi connectivity index (χ3v) is 6.38. The van der Waals surface area contributed by atoms with Crippen molar-refractivity contribution in [2.45, 2.75) is 26.2 Å². The third kappa shape index (κ3) is 6.04. The second kappa shape index (κ2) is 11.7. The van der Waals surface area contributed by atoms with Crippen LogP contribution in [0.5, 0.6) is 0 Å². The molecule has 3 heterocycles. The fourth-order valence-corrected chi connectivity index (χ4v) is 4.35. The molecule has 1 aromatic carbocycles. The van der Waals surface area contributed by atoms with Gasteiger partial charge in [-0.25, -0.2) is 4.98 Å². The van der Waals surface area contributed by atoms with E-state index in [1.807, 2.05) is 38.4 Å². The fraction of sp³-hybridized carbons (Fsp3) is 0.370. The standard InChI is InChI=1S/C27H36N8O/c1-4-19(15-22(17-28)35-12-5-6-13-35)20-7-9-24-23(16-20)26(33-32-24)27(36)31-21-8-10-25(30-18-21)29-11-14-34(2)3/h7-10,15-18H,4-6,11-14,28H2,1-3H3,(H,29,30)(H,31,36)(H,32,33)/b19-15+,22-17+. The lowest BCUT2D eigenvalue weighted by atomic mass is 10.00. The number of carbonyl (C=O) groups is 1. The Balaban J connectivity index is 1.51. The zero-order chi connectivity index (χ0) is 25.5. The number of anilines is 2. The number of pyridine rings is 1. The summed E-state index contributed by atoms with van der Waals surface area (Å²) in [6.45, 7) is 5.89. The summed E-state index contributed by atoms with van der Waals surface area (Å²) < 4.78 is 0. The average molecular weight is 489 g/mol. The van der Waals surface area contributed by atoms with Crippen LogP contribution in [0.15, 0.2) is 54.5 Å². The van der Waals surface area contributed by atoms with E-state index in [-0.39, 0.29) is 5.91 Å². The number of aromatic nitrogens is 3. The number of rotatable bonds is 10. The summed E-state index contributed by atoms with van der Waals surface area (Å²) in [4.78, 5) is 21.9. The van der Waals surface area contributed by atoms with Gasteiger partial charge in [-0.1, -0.05) is 13.0 Å². The van der Waals surface area contributed by atoms with Gasteiger partial charge in [0.25, 0.3) is 5.91 Å². The van der Waals surface area contributed by atoms with Gasteiger partial charge >= 0.3 is 0 Å². The Kier molecular flexibility index (Phi) is 8.22. The van der Waals surface area contributed by atoms with E-state index < -0.39 is 0 Å². The molecule has 2 aromatic heterocycles. The van der Waals surface area contributed by atoms with Crippen LogP contribution in [0.25, 0.3) is 16.5 Å². The number of hydrogen-bond acceptors (Lipinski definition) is 7. The Morgan fingerprint density at radius 3 is 2.69 bits per heavy atom. The van der Waals surface area contributed by atoms with Crippen molar-refractivity contribution in [3.8, 4) is 0 Å². The van der Waals surface area contributed by atoms with Gasteiger partial charge in [0.1, 0.15) is 5.82 Å². The highest BCUT2D eigenvalue weighted by molar-refractivity contribution is 6.11. The SMILES string of the molecule is CC/C(=C\C(=C/N)N1CCCC1)c1ccc2[nH]nc(C(=O)Nc3ccc(NCCN(C)C)nc3)c2c1. The van der Waals surface area contributed by atoms with Crippen LogP contribution < -0.4 is 16.4 Å². The largest absolute Gasteiger partial charge is 0.403 e. The predicted octanol–water partition coefficient (Wildman–Crippen LogP) is 3.87. The van der Waals surface area contributed by atoms with Crippen molar-refractivity contribution in [1.82, 2.24) is 25.0 Å². The van der Waals surface area contributed by atoms with E-state index in [0.717, 1.165) is 66.2 Å². The van der Waals surface area contributed by atoms with Crippen LogP contribution in [0, 0.1) is 0 Å². The molecule has 0 atom stereocenters. The van der Waals surface area contributed by atoms with E-state index in [0.29, 0.717) is 11.4 Å². The molecule has 1 amide bonds. The van der Waals surface area contributed by atoms with Gasteiger partial charge in [-0.15, -0.1) is 0 Å². The van der Waals surface area contributed by atoms with Crippen molar-refractivity contribution in [2.75, 3.05) is 50.9 Å². The summed E-state index contributed by atoms with van der Waals surface area (Å²) in [7, 11) is 4.05. The number of fused-ring (bicyclic) bond motifs is 1. The molecule has 3 aromatic rings. The predicted molar refractivity (Wildman–Crippen MR) is 147 cm³/mol. The second-order valence-corrected chi connectivity index (χ2v) is 9.26. The van der Waals surface area contributed by atoms with Gasteiger partial charge < -0.3 is 26.2 Å². The van der Waals surface area contributed by atoms with Crippen LogP contribution in [0.2, 0.25) is 0 Å². The molecule has 1 aliphatic heterocycles. The average Bonchev–Trinajstić information content (AvgIpc) is 3.56. The van der Waals surface area contributed by atoms with Crippen LogP contribution in [0.1, 0.15) is 42.2 Å². The van der Waals surface area contributed by atoms with E-state index in [1.165, 1.54) is 12.8 Å². The van der Waals surface area contributed by atoms with Gasteiger partial charge in [0.2, 0.25) is 0 Å². The number of hydrogen-bond donors (Lipinski definition) is 4. The second-order valence-electron chi connectivity index (χ2n) is 9.26. The summed E-state index contributed by atoms with van der Waals surface area (Å²) in [6.07, 6.45) is 8.72. The smallest absolute Gasteiger partial charge is 0.276 e. The topological polar surface area (TPSA) is 115 Å². The third-order valence-electron chi connectivity index (χ3n) is 6.38. The molecule has 0 spiro atoms. The van der Waals surface area contributed by atoms with Gasteiger partial charge in [0.05, 0.1) is 23.1 Å². The first-order chi connectivity index (χ1) is 17.5. The quantitative estimate of drug-likeness (QED) is 0.320. The van der Waals surface area contributed by atoms with Crippen LogP contribution in [-0.4, -0.2) is 71.2 Å². The minimum Gasteiger partial charge on any atom is -0.403 e. The maximum atomic E-state index is 13.1. The Morgan fingerprint density at radius 2 is 2.03 bits per heavy atom. The lowest BCUT2D eigenvalue weighted by Crippen LogP contribution is -2.21. The van der Waals surface area contributed by atoms with Crippen LogP contribution in [-0.2, 0) is 0 Å². The number of H-pyrrole nitrogens is 1. The highest BCUT2D eigenvalue weighted by Crippen LogP contribution is 2.27. The molecule has 5 N–H and O–H groups in total. The minimum absolute atomic E-state index is 0.282. The lowest BCUT2D eigenvalue weighted by Gasteiger charge is -2.19. The lowest BCUT2D eigenvalue weighted by molar-refractivity contribution is 0.102.